The van der Waals surface area contributed by atoms with Crippen LogP contribution in [0.25, 0.3) is 0 Å². The molecule has 0 unspecified atom stereocenters. The second kappa shape index (κ2) is 5.77. The SMILES string of the molecule is NCC(=O)NC(=O)CC(=O)c1ccccc1. The number of benzene rings is 1. The number of Topliss-reactive ketones (excluding diaryl/α,β-unsaturated/α-hetero) is 1. The predicted octanol–water partition coefficient (Wildman–Crippen LogP) is -0.139. The molecule has 0 fully saturated rings. The molecule has 0 saturated carbocycles. The molecule has 1 aromatic carbocycles. The highest BCUT2D eigenvalue weighted by Gasteiger charge is 2.12. The Labute approximate surface area is 92.6 Å². The Bertz CT molecular complexity index is 401. The lowest BCUT2D eigenvalue weighted by atomic mass is 10.1. The molecular weight excluding hydrogens is 208 g/mol. The molecule has 84 valence electrons. The van der Waals surface area contributed by atoms with Crippen molar-refractivity contribution in [3.05, 3.63) is 35.9 Å². The van der Waals surface area contributed by atoms with E-state index < -0.39 is 11.8 Å². The van der Waals surface area contributed by atoms with Gasteiger partial charge in [0.15, 0.2) is 5.78 Å². The summed E-state index contributed by atoms with van der Waals surface area (Å²) in [5.74, 6) is -1.56. The third-order valence-corrected chi connectivity index (χ3v) is 1.88. The summed E-state index contributed by atoms with van der Waals surface area (Å²) in [5.41, 5.74) is 5.46. The number of hydrogen-bond donors (Lipinski definition) is 2. The van der Waals surface area contributed by atoms with Gasteiger partial charge in [-0.15, -0.1) is 0 Å². The minimum Gasteiger partial charge on any atom is -0.322 e. The summed E-state index contributed by atoms with van der Waals surface area (Å²) in [5, 5.41) is 2.01. The Morgan fingerprint density at radius 2 is 1.69 bits per heavy atom. The van der Waals surface area contributed by atoms with E-state index in [1.165, 1.54) is 0 Å². The highest BCUT2D eigenvalue weighted by Crippen LogP contribution is 2.02. The van der Waals surface area contributed by atoms with Crippen LogP contribution in [0.1, 0.15) is 16.8 Å². The van der Waals surface area contributed by atoms with Gasteiger partial charge >= 0.3 is 0 Å². The summed E-state index contributed by atoms with van der Waals surface area (Å²) in [6.07, 6.45) is -0.351. The fourth-order valence-corrected chi connectivity index (χ4v) is 1.12. The third-order valence-electron chi connectivity index (χ3n) is 1.88. The van der Waals surface area contributed by atoms with Crippen LogP contribution in [0, 0.1) is 0 Å². The Morgan fingerprint density at radius 3 is 2.25 bits per heavy atom. The van der Waals surface area contributed by atoms with E-state index in [4.69, 9.17) is 5.73 Å². The normalized spacial score (nSPS) is 9.56. The van der Waals surface area contributed by atoms with E-state index in [-0.39, 0.29) is 18.7 Å². The van der Waals surface area contributed by atoms with Crippen LogP contribution in [0.5, 0.6) is 0 Å². The van der Waals surface area contributed by atoms with E-state index in [1.54, 1.807) is 30.3 Å². The fourth-order valence-electron chi connectivity index (χ4n) is 1.12. The lowest BCUT2D eigenvalue weighted by molar-refractivity contribution is -0.129. The quantitative estimate of drug-likeness (QED) is 0.546. The van der Waals surface area contributed by atoms with Gasteiger partial charge in [0.2, 0.25) is 11.8 Å². The largest absolute Gasteiger partial charge is 0.322 e. The van der Waals surface area contributed by atoms with E-state index in [1.807, 2.05) is 5.32 Å². The molecule has 0 atom stereocenters. The van der Waals surface area contributed by atoms with Gasteiger partial charge in [-0.3, -0.25) is 19.7 Å². The van der Waals surface area contributed by atoms with Crippen LogP contribution in [0.2, 0.25) is 0 Å². The first kappa shape index (κ1) is 12.1. The molecule has 0 heterocycles. The second-order valence-corrected chi connectivity index (χ2v) is 3.14. The van der Waals surface area contributed by atoms with E-state index in [9.17, 15) is 14.4 Å². The van der Waals surface area contributed by atoms with Gasteiger partial charge < -0.3 is 5.73 Å². The van der Waals surface area contributed by atoms with Gasteiger partial charge in [0, 0.05) is 5.56 Å². The minimum absolute atomic E-state index is 0.273. The first-order valence-electron chi connectivity index (χ1n) is 4.74. The summed E-state index contributed by atoms with van der Waals surface area (Å²) in [7, 11) is 0. The monoisotopic (exact) mass is 220 g/mol. The van der Waals surface area contributed by atoms with Crippen LogP contribution < -0.4 is 11.1 Å². The zero-order valence-electron chi connectivity index (χ0n) is 8.60. The van der Waals surface area contributed by atoms with Gasteiger partial charge in [-0.1, -0.05) is 30.3 Å². The maximum atomic E-state index is 11.5. The van der Waals surface area contributed by atoms with Crippen molar-refractivity contribution in [3.8, 4) is 0 Å². The smallest absolute Gasteiger partial charge is 0.240 e. The van der Waals surface area contributed by atoms with E-state index >= 15 is 0 Å². The molecule has 0 radical (unpaired) electrons. The van der Waals surface area contributed by atoms with Crippen molar-refractivity contribution >= 4 is 17.6 Å². The number of hydrogen-bond acceptors (Lipinski definition) is 4. The summed E-state index contributed by atoms with van der Waals surface area (Å²) in [6.45, 7) is -0.273. The predicted molar refractivity (Wildman–Crippen MR) is 57.6 cm³/mol. The average Bonchev–Trinajstić information content (AvgIpc) is 2.29. The van der Waals surface area contributed by atoms with Gasteiger partial charge in [0.05, 0.1) is 13.0 Å². The standard InChI is InChI=1S/C11H12N2O3/c12-7-11(16)13-10(15)6-9(14)8-4-2-1-3-5-8/h1-5H,6-7,12H2,(H,13,15,16). The Morgan fingerprint density at radius 1 is 1.06 bits per heavy atom. The molecule has 0 aromatic heterocycles. The topological polar surface area (TPSA) is 89.3 Å². The van der Waals surface area contributed by atoms with Crippen molar-refractivity contribution in [3.63, 3.8) is 0 Å². The first-order chi connectivity index (χ1) is 7.63. The van der Waals surface area contributed by atoms with Crippen molar-refractivity contribution in [2.24, 2.45) is 5.73 Å². The van der Waals surface area contributed by atoms with E-state index in [0.29, 0.717) is 5.56 Å². The summed E-state index contributed by atoms with van der Waals surface area (Å²) in [6, 6.07) is 8.40. The van der Waals surface area contributed by atoms with E-state index in [0.717, 1.165) is 0 Å². The molecule has 5 heteroatoms. The number of nitrogens with two attached hydrogens (primary N) is 1. The van der Waals surface area contributed by atoms with Gasteiger partial charge in [0.25, 0.3) is 0 Å². The van der Waals surface area contributed by atoms with Crippen LogP contribution in [-0.4, -0.2) is 24.1 Å². The highest BCUT2D eigenvalue weighted by molar-refractivity contribution is 6.10. The van der Waals surface area contributed by atoms with Crippen LogP contribution in [-0.2, 0) is 9.59 Å². The lowest BCUT2D eigenvalue weighted by Gasteiger charge is -2.01. The van der Waals surface area contributed by atoms with Crippen LogP contribution in [0.3, 0.4) is 0 Å². The molecule has 0 spiro atoms. The molecule has 0 saturated heterocycles. The summed E-state index contributed by atoms with van der Waals surface area (Å²) in [4.78, 5) is 33.5. The van der Waals surface area contributed by atoms with Crippen molar-refractivity contribution in [1.29, 1.82) is 0 Å². The minimum atomic E-state index is -0.635. The number of carbonyl (C=O) groups excluding carboxylic acids is 3. The molecule has 0 aliphatic carbocycles. The molecule has 0 bridgehead atoms. The maximum Gasteiger partial charge on any atom is 0.240 e. The molecule has 5 nitrogen and oxygen atoms in total. The van der Waals surface area contributed by atoms with Gasteiger partial charge in [0.1, 0.15) is 0 Å². The van der Waals surface area contributed by atoms with Gasteiger partial charge in [-0.25, -0.2) is 0 Å². The van der Waals surface area contributed by atoms with Crippen molar-refractivity contribution < 1.29 is 14.4 Å². The van der Waals surface area contributed by atoms with Gasteiger partial charge in [-0.2, -0.15) is 0 Å². The Kier molecular flexibility index (Phi) is 4.35. The van der Waals surface area contributed by atoms with E-state index in [2.05, 4.69) is 0 Å². The maximum absolute atomic E-state index is 11.5. The average molecular weight is 220 g/mol. The van der Waals surface area contributed by atoms with Crippen LogP contribution in [0.4, 0.5) is 0 Å². The molecule has 2 amide bonds. The van der Waals surface area contributed by atoms with Gasteiger partial charge in [-0.05, 0) is 0 Å². The number of amides is 2. The molecule has 0 aliphatic heterocycles. The highest BCUT2D eigenvalue weighted by atomic mass is 16.2. The molecule has 1 rings (SSSR count). The van der Waals surface area contributed by atoms with Crippen molar-refractivity contribution in [1.82, 2.24) is 5.32 Å². The van der Waals surface area contributed by atoms with Crippen LogP contribution in [0.15, 0.2) is 30.3 Å². The molecular formula is C11H12N2O3. The van der Waals surface area contributed by atoms with Crippen molar-refractivity contribution in [2.75, 3.05) is 6.54 Å². The third kappa shape index (κ3) is 3.62. The second-order valence-electron chi connectivity index (χ2n) is 3.14. The molecule has 1 aromatic rings. The summed E-state index contributed by atoms with van der Waals surface area (Å²) < 4.78 is 0. The molecule has 16 heavy (non-hydrogen) atoms. The molecule has 3 N–H and O–H groups in total. The zero-order valence-corrected chi connectivity index (χ0v) is 8.60. The Hall–Kier alpha value is -2.01. The number of imide groups is 1. The number of carbonyl (C=O) groups is 3. The number of rotatable bonds is 4. The fraction of sp³-hybridized carbons (Fsp3) is 0.182. The van der Waals surface area contributed by atoms with Crippen LogP contribution >= 0.6 is 0 Å². The number of nitrogens with one attached hydrogen (secondary N) is 1. The summed E-state index contributed by atoms with van der Waals surface area (Å²) >= 11 is 0. The first-order valence-corrected chi connectivity index (χ1v) is 4.74. The van der Waals surface area contributed by atoms with Crippen molar-refractivity contribution in [2.45, 2.75) is 6.42 Å². The molecule has 0 aliphatic rings. The zero-order chi connectivity index (χ0) is 12.0. The lowest BCUT2D eigenvalue weighted by Crippen LogP contribution is -2.36. The Balaban J connectivity index is 2.52. The number of ketones is 1.